The first-order chi connectivity index (χ1) is 26.9. The molecule has 0 unspecified atom stereocenters. The monoisotopic (exact) mass is 838 g/mol. The Balaban J connectivity index is 0.000000287. The van der Waals surface area contributed by atoms with Gasteiger partial charge in [0.25, 0.3) is 0 Å². The fourth-order valence-corrected chi connectivity index (χ4v) is 6.50. The second kappa shape index (κ2) is 19.7. The van der Waals surface area contributed by atoms with E-state index in [1.165, 1.54) is 7.40 Å². The van der Waals surface area contributed by atoms with Gasteiger partial charge in [0.15, 0.2) is 0 Å². The van der Waals surface area contributed by atoms with E-state index in [2.05, 4.69) is 56.0 Å². The minimum atomic E-state index is -0.390. The number of hydrogen-bond acceptors (Lipinski definition) is 9. The number of benzene rings is 4. The van der Waals surface area contributed by atoms with E-state index in [9.17, 15) is 9.59 Å². The van der Waals surface area contributed by atoms with Crippen molar-refractivity contribution in [2.75, 3.05) is 58.9 Å². The smallest absolute Gasteiger partial charge is 0.399 e. The summed E-state index contributed by atoms with van der Waals surface area (Å²) < 4.78 is 19.0. The molecule has 3 heterocycles. The summed E-state index contributed by atoms with van der Waals surface area (Å²) in [6.45, 7) is 11.6. The molecule has 56 heavy (non-hydrogen) atoms. The average Bonchev–Trinajstić information content (AvgIpc) is 3.45. The van der Waals surface area contributed by atoms with E-state index in [0.717, 1.165) is 45.8 Å². The van der Waals surface area contributed by atoms with E-state index in [1.807, 2.05) is 100 Å². The molecule has 292 valence electrons. The Labute approximate surface area is 347 Å². The van der Waals surface area contributed by atoms with E-state index in [1.54, 1.807) is 34.1 Å². The van der Waals surface area contributed by atoms with Crippen LogP contribution in [0.15, 0.2) is 102 Å². The predicted molar refractivity (Wildman–Crippen MR) is 236 cm³/mol. The summed E-state index contributed by atoms with van der Waals surface area (Å²) in [5.41, 5.74) is 5.15. The highest BCUT2D eigenvalue weighted by Crippen LogP contribution is 2.36. The second-order valence-corrected chi connectivity index (χ2v) is 14.8. The number of hydrogen-bond donors (Lipinski definition) is 0. The van der Waals surface area contributed by atoms with Gasteiger partial charge in [-0.3, -0.25) is 9.59 Å². The number of halogens is 1. The number of thiocarbonyl (C=S) groups is 1. The molecule has 7 rings (SSSR count). The SMILES string of the molecule is C.C=S.CC1(C)OB(c2ccc(N3CCN(c4ccc(C#N)cc4)C(=O)C3)cc2)OC1(C)C.N#Cc1ccc(N2CCN(c3ccc(Br)cc3)CC2=O)cc1.[3H]C. The number of carbonyl (C=O) groups is 2. The maximum Gasteiger partial charge on any atom is 0.494 e. The lowest BCUT2D eigenvalue weighted by molar-refractivity contribution is -0.118. The van der Waals surface area contributed by atoms with Crippen LogP contribution in [0.3, 0.4) is 0 Å². The molecule has 3 fully saturated rings. The molecule has 4 aromatic carbocycles. The number of piperazine rings is 2. The van der Waals surface area contributed by atoms with E-state index in [4.69, 9.17) is 21.2 Å². The number of rotatable bonds is 5. The first kappa shape index (κ1) is 43.7. The molecular weight excluding hydrogens is 787 g/mol. The van der Waals surface area contributed by atoms with Gasteiger partial charge in [-0.2, -0.15) is 10.5 Å². The Morgan fingerprint density at radius 3 is 1.32 bits per heavy atom. The molecule has 0 radical (unpaired) electrons. The lowest BCUT2D eigenvalue weighted by Gasteiger charge is -2.35. The van der Waals surface area contributed by atoms with E-state index in [-0.39, 0.29) is 37.6 Å². The molecule has 3 aliphatic heterocycles. The van der Waals surface area contributed by atoms with Crippen molar-refractivity contribution in [1.82, 2.24) is 0 Å². The molecule has 4 aromatic rings. The molecular formula is C43H50BBrN6O4S. The topological polar surface area (TPSA) is 113 Å². The van der Waals surface area contributed by atoms with Crippen molar-refractivity contribution < 1.29 is 20.3 Å². The van der Waals surface area contributed by atoms with Gasteiger partial charge < -0.3 is 28.9 Å². The van der Waals surface area contributed by atoms with Gasteiger partial charge in [-0.15, -0.1) is 0 Å². The minimum Gasteiger partial charge on any atom is -0.399 e. The quantitative estimate of drug-likeness (QED) is 0.147. The largest absolute Gasteiger partial charge is 0.494 e. The molecule has 10 nitrogen and oxygen atoms in total. The zero-order chi connectivity index (χ0) is 41.0. The minimum absolute atomic E-state index is 0. The number of nitriles is 2. The standard InChI is InChI=1S/C23H26BN3O3.C17H14BrN3O.CH2S.2CH4/c1-22(2)23(3,4)30-24(29-22)18-7-11-19(12-8-18)26-13-14-27(21(28)16-26)20-9-5-17(15-25)6-10-20;18-14-3-7-15(8-4-14)20-9-10-21(17(22)12-20)16-5-1-13(11-19)2-6-16;1-2;;/h5-12H,13-14,16H2,1-4H3;1-8H,9-10,12H2;1H2;2*1H4/i;;;1T;. The maximum absolute atomic E-state index is 12.7. The highest BCUT2D eigenvalue weighted by atomic mass is 79.9. The molecule has 3 aliphatic rings. The van der Waals surface area contributed by atoms with E-state index in [0.29, 0.717) is 37.3 Å². The van der Waals surface area contributed by atoms with Crippen LogP contribution in [-0.2, 0) is 18.9 Å². The fraction of sp³-hybridized carbons (Fsp3) is 0.326. The van der Waals surface area contributed by atoms with Gasteiger partial charge in [0.2, 0.25) is 11.8 Å². The van der Waals surface area contributed by atoms with Crippen LogP contribution in [0.1, 0.15) is 55.0 Å². The van der Waals surface area contributed by atoms with E-state index < -0.39 is 0 Å². The molecule has 3 saturated heterocycles. The van der Waals surface area contributed by atoms with Crippen LogP contribution in [0.4, 0.5) is 22.7 Å². The van der Waals surface area contributed by atoms with Crippen LogP contribution in [0.5, 0.6) is 0 Å². The van der Waals surface area contributed by atoms with Gasteiger partial charge in [-0.25, -0.2) is 0 Å². The van der Waals surface area contributed by atoms with Crippen LogP contribution in [0.2, 0.25) is 0 Å². The van der Waals surface area contributed by atoms with E-state index >= 15 is 0 Å². The third-order valence-electron chi connectivity index (χ3n) is 10.0. The van der Waals surface area contributed by atoms with Crippen LogP contribution in [0.25, 0.3) is 0 Å². The van der Waals surface area contributed by atoms with Crippen molar-refractivity contribution >= 4 is 81.2 Å². The molecule has 0 N–H and O–H groups in total. The van der Waals surface area contributed by atoms with Crippen molar-refractivity contribution in [3.8, 4) is 12.1 Å². The maximum atomic E-state index is 12.7. The van der Waals surface area contributed by atoms with Gasteiger partial charge in [0.1, 0.15) is 0 Å². The summed E-state index contributed by atoms with van der Waals surface area (Å²) in [6, 6.07) is 34.5. The van der Waals surface area contributed by atoms with Crippen molar-refractivity contribution in [2.24, 2.45) is 0 Å². The molecule has 0 aliphatic carbocycles. The highest BCUT2D eigenvalue weighted by molar-refractivity contribution is 9.10. The first-order valence-electron chi connectivity index (χ1n) is 18.5. The molecule has 0 atom stereocenters. The third-order valence-corrected chi connectivity index (χ3v) is 10.6. The summed E-state index contributed by atoms with van der Waals surface area (Å²) in [5.74, 6) is 2.94. The fourth-order valence-electron chi connectivity index (χ4n) is 6.24. The molecule has 0 saturated carbocycles. The summed E-state index contributed by atoms with van der Waals surface area (Å²) >= 11 is 7.25. The average molecular weight is 840 g/mol. The summed E-state index contributed by atoms with van der Waals surface area (Å²) in [4.78, 5) is 32.8. The molecule has 2 amide bonds. The Kier molecular flexibility index (Phi) is 15.4. The zero-order valence-corrected chi connectivity index (χ0v) is 34.3. The van der Waals surface area contributed by atoms with Crippen molar-refractivity contribution in [1.29, 1.82) is 10.5 Å². The Morgan fingerprint density at radius 1 is 0.643 bits per heavy atom. The Bertz CT molecular complexity index is 2010. The normalized spacial score (nSPS) is 16.9. The third kappa shape index (κ3) is 10.4. The number of carbonyl (C=O) groups excluding carboxylic acids is 2. The van der Waals surface area contributed by atoms with Crippen LogP contribution in [0, 0.1) is 22.7 Å². The van der Waals surface area contributed by atoms with Crippen LogP contribution < -0.4 is 25.1 Å². The van der Waals surface area contributed by atoms with Crippen molar-refractivity contribution in [3.63, 3.8) is 0 Å². The summed E-state index contributed by atoms with van der Waals surface area (Å²) in [5, 5.41) is 17.8. The zero-order valence-electron chi connectivity index (χ0n) is 32.9. The van der Waals surface area contributed by atoms with Crippen LogP contribution >= 0.6 is 28.1 Å². The molecule has 13 heteroatoms. The van der Waals surface area contributed by atoms with Gasteiger partial charge in [-0.05, 0) is 124 Å². The van der Waals surface area contributed by atoms with Gasteiger partial charge in [-0.1, -0.05) is 55.1 Å². The molecule has 0 spiro atoms. The van der Waals surface area contributed by atoms with Crippen molar-refractivity contribution in [3.05, 3.63) is 113 Å². The first-order valence-corrected chi connectivity index (χ1v) is 18.9. The lowest BCUT2D eigenvalue weighted by Crippen LogP contribution is -2.50. The van der Waals surface area contributed by atoms with Gasteiger partial charge in [0, 0.05) is 54.8 Å². The summed E-state index contributed by atoms with van der Waals surface area (Å²) in [7, 11) is 0.860. The highest BCUT2D eigenvalue weighted by Gasteiger charge is 2.51. The Morgan fingerprint density at radius 2 is 0.982 bits per heavy atom. The van der Waals surface area contributed by atoms with Gasteiger partial charge >= 0.3 is 7.12 Å². The summed E-state index contributed by atoms with van der Waals surface area (Å²) in [6.07, 6.45) is 0. The number of anilines is 4. The molecule has 0 aromatic heterocycles. The predicted octanol–water partition coefficient (Wildman–Crippen LogP) is 7.77. The number of nitrogens with zero attached hydrogens (tertiary/aromatic N) is 6. The van der Waals surface area contributed by atoms with Crippen LogP contribution in [-0.4, -0.2) is 75.3 Å². The van der Waals surface area contributed by atoms with Gasteiger partial charge in [0.05, 0.1) is 47.6 Å². The Hall–Kier alpha value is -5.05. The van der Waals surface area contributed by atoms with Crippen molar-refractivity contribution in [2.45, 2.75) is 53.7 Å². The number of amides is 2. The second-order valence-electron chi connectivity index (χ2n) is 13.9. The molecule has 0 bridgehead atoms. The lowest BCUT2D eigenvalue weighted by atomic mass is 9.79.